The third kappa shape index (κ3) is 5.65. The smallest absolute Gasteiger partial charge is 0.468 e. The van der Waals surface area contributed by atoms with Gasteiger partial charge in [-0.3, -0.25) is 9.89 Å². The van der Waals surface area contributed by atoms with Crippen molar-refractivity contribution in [2.75, 3.05) is 25.0 Å². The molecule has 1 aromatic heterocycles. The number of anilines is 1. The van der Waals surface area contributed by atoms with E-state index >= 15 is 0 Å². The van der Waals surface area contributed by atoms with E-state index in [1.54, 1.807) is 6.26 Å². The minimum absolute atomic E-state index is 0.00501. The lowest BCUT2D eigenvalue weighted by Gasteiger charge is -2.24. The Labute approximate surface area is 154 Å². The standard InChI is InChI=1S/C18H21F3N4O2/c19-18(20,21)27-14-7-5-13(6-8-14)24-17(22)23-12-15(16-4-3-11-26-16)25-9-1-2-10-25/h3-8,11,15H,1-2,9-10,12H2,(H3,22,23,24). The van der Waals surface area contributed by atoms with Crippen LogP contribution in [-0.4, -0.2) is 36.9 Å². The molecule has 0 aliphatic carbocycles. The van der Waals surface area contributed by atoms with Crippen molar-refractivity contribution >= 4 is 11.6 Å². The van der Waals surface area contributed by atoms with Crippen LogP contribution in [-0.2, 0) is 0 Å². The summed E-state index contributed by atoms with van der Waals surface area (Å²) in [4.78, 5) is 6.68. The second-order valence-electron chi connectivity index (χ2n) is 6.20. The normalized spacial score (nSPS) is 17.1. The molecule has 27 heavy (non-hydrogen) atoms. The van der Waals surface area contributed by atoms with E-state index in [1.165, 1.54) is 24.3 Å². The molecule has 2 heterocycles. The summed E-state index contributed by atoms with van der Waals surface area (Å²) in [6.07, 6.45) is -0.803. The molecule has 0 amide bonds. The minimum atomic E-state index is -4.72. The first-order valence-corrected chi connectivity index (χ1v) is 8.61. The Bertz CT molecular complexity index is 739. The fraction of sp³-hybridized carbons (Fsp3) is 0.389. The van der Waals surface area contributed by atoms with Crippen LogP contribution in [0.3, 0.4) is 0 Å². The lowest BCUT2D eigenvalue weighted by atomic mass is 10.2. The van der Waals surface area contributed by atoms with Crippen molar-refractivity contribution in [3.63, 3.8) is 0 Å². The van der Waals surface area contributed by atoms with Gasteiger partial charge < -0.3 is 20.2 Å². The van der Waals surface area contributed by atoms with E-state index in [-0.39, 0.29) is 17.8 Å². The molecule has 1 aliphatic heterocycles. The van der Waals surface area contributed by atoms with Gasteiger partial charge in [0.05, 0.1) is 18.8 Å². The molecule has 146 valence electrons. The minimum Gasteiger partial charge on any atom is -0.468 e. The quantitative estimate of drug-likeness (QED) is 0.588. The van der Waals surface area contributed by atoms with Crippen LogP contribution in [0.2, 0.25) is 0 Å². The lowest BCUT2D eigenvalue weighted by molar-refractivity contribution is -0.274. The molecule has 1 aromatic carbocycles. The van der Waals surface area contributed by atoms with E-state index in [9.17, 15) is 13.2 Å². The van der Waals surface area contributed by atoms with E-state index in [4.69, 9.17) is 10.2 Å². The Balaban J connectivity index is 1.61. The predicted octanol–water partition coefficient (Wildman–Crippen LogP) is 3.74. The molecular weight excluding hydrogens is 361 g/mol. The Hall–Kier alpha value is -2.68. The molecule has 0 bridgehead atoms. The number of benzene rings is 1. The maximum absolute atomic E-state index is 12.2. The van der Waals surface area contributed by atoms with Crippen LogP contribution < -0.4 is 15.8 Å². The van der Waals surface area contributed by atoms with Crippen molar-refractivity contribution < 1.29 is 22.3 Å². The highest BCUT2D eigenvalue weighted by Gasteiger charge is 2.31. The third-order valence-corrected chi connectivity index (χ3v) is 4.25. The molecule has 2 aromatic rings. The topological polar surface area (TPSA) is 76.0 Å². The summed E-state index contributed by atoms with van der Waals surface area (Å²) in [6.45, 7) is 2.38. The van der Waals surface area contributed by atoms with Crippen LogP contribution in [0.1, 0.15) is 24.6 Å². The fourth-order valence-corrected chi connectivity index (χ4v) is 3.03. The summed E-state index contributed by atoms with van der Waals surface area (Å²) in [6, 6.07) is 9.06. The molecule has 0 spiro atoms. The molecule has 9 heteroatoms. The van der Waals surface area contributed by atoms with Crippen LogP contribution in [0.25, 0.3) is 0 Å². The number of nitrogens with one attached hydrogen (secondary N) is 1. The number of hydrogen-bond acceptors (Lipinski definition) is 4. The SMILES string of the molecule is NC(=NCC(c1ccco1)N1CCCC1)Nc1ccc(OC(F)(F)F)cc1. The first-order valence-electron chi connectivity index (χ1n) is 8.61. The lowest BCUT2D eigenvalue weighted by Crippen LogP contribution is -2.30. The molecule has 0 saturated carbocycles. The number of guanidine groups is 1. The molecule has 1 aliphatic rings. The molecule has 0 radical (unpaired) electrons. The van der Waals surface area contributed by atoms with Gasteiger partial charge in [-0.15, -0.1) is 13.2 Å². The average Bonchev–Trinajstić information content (AvgIpc) is 3.30. The highest BCUT2D eigenvalue weighted by molar-refractivity contribution is 5.92. The zero-order chi connectivity index (χ0) is 19.3. The van der Waals surface area contributed by atoms with Gasteiger partial charge in [-0.2, -0.15) is 0 Å². The molecular formula is C18H21F3N4O2. The third-order valence-electron chi connectivity index (χ3n) is 4.25. The fourth-order valence-electron chi connectivity index (χ4n) is 3.03. The summed E-state index contributed by atoms with van der Waals surface area (Å²) in [5, 5.41) is 2.86. The van der Waals surface area contributed by atoms with Crippen molar-refractivity contribution in [2.24, 2.45) is 10.7 Å². The van der Waals surface area contributed by atoms with Gasteiger partial charge in [-0.05, 0) is 62.3 Å². The van der Waals surface area contributed by atoms with Crippen LogP contribution >= 0.6 is 0 Å². The van der Waals surface area contributed by atoms with Crippen LogP contribution in [0.15, 0.2) is 52.1 Å². The summed E-state index contributed by atoms with van der Waals surface area (Å²) >= 11 is 0. The molecule has 1 saturated heterocycles. The number of halogens is 3. The second-order valence-corrected chi connectivity index (χ2v) is 6.20. The number of likely N-dealkylation sites (tertiary alicyclic amines) is 1. The highest BCUT2D eigenvalue weighted by atomic mass is 19.4. The molecule has 3 N–H and O–H groups in total. The van der Waals surface area contributed by atoms with E-state index in [0.29, 0.717) is 12.2 Å². The number of ether oxygens (including phenoxy) is 1. The zero-order valence-corrected chi connectivity index (χ0v) is 14.6. The second kappa shape index (κ2) is 8.34. The van der Waals surface area contributed by atoms with Crippen molar-refractivity contribution in [3.05, 3.63) is 48.4 Å². The Morgan fingerprint density at radius 1 is 1.22 bits per heavy atom. The summed E-state index contributed by atoms with van der Waals surface area (Å²) in [7, 11) is 0. The highest BCUT2D eigenvalue weighted by Crippen LogP contribution is 2.26. The van der Waals surface area contributed by atoms with E-state index in [0.717, 1.165) is 31.7 Å². The van der Waals surface area contributed by atoms with Crippen LogP contribution in [0, 0.1) is 0 Å². The summed E-state index contributed by atoms with van der Waals surface area (Å²) in [5.74, 6) is 0.716. The van der Waals surface area contributed by atoms with Crippen molar-refractivity contribution in [3.8, 4) is 5.75 Å². The summed E-state index contributed by atoms with van der Waals surface area (Å²) < 4.78 is 45.9. The molecule has 1 atom stereocenters. The van der Waals surface area contributed by atoms with Crippen molar-refractivity contribution in [2.45, 2.75) is 25.2 Å². The average molecular weight is 382 g/mol. The largest absolute Gasteiger partial charge is 0.573 e. The van der Waals surface area contributed by atoms with Gasteiger partial charge in [0.2, 0.25) is 0 Å². The van der Waals surface area contributed by atoms with E-state index in [2.05, 4.69) is 19.9 Å². The predicted molar refractivity (Wildman–Crippen MR) is 95.5 cm³/mol. The van der Waals surface area contributed by atoms with Gasteiger partial charge in [0.1, 0.15) is 11.5 Å². The Kier molecular flexibility index (Phi) is 5.90. The number of aliphatic imine (C=N–C) groups is 1. The monoisotopic (exact) mass is 382 g/mol. The van der Waals surface area contributed by atoms with Gasteiger partial charge in [0.15, 0.2) is 5.96 Å². The van der Waals surface area contributed by atoms with Gasteiger partial charge in [-0.1, -0.05) is 0 Å². The Morgan fingerprint density at radius 3 is 2.52 bits per heavy atom. The van der Waals surface area contributed by atoms with E-state index in [1.807, 2.05) is 12.1 Å². The molecule has 1 unspecified atom stereocenters. The number of rotatable bonds is 6. The van der Waals surface area contributed by atoms with Crippen molar-refractivity contribution in [1.29, 1.82) is 0 Å². The molecule has 1 fully saturated rings. The summed E-state index contributed by atoms with van der Waals surface area (Å²) in [5.41, 5.74) is 6.44. The van der Waals surface area contributed by atoms with Crippen LogP contribution in [0.4, 0.5) is 18.9 Å². The van der Waals surface area contributed by atoms with Gasteiger partial charge >= 0.3 is 6.36 Å². The first kappa shape index (κ1) is 19.1. The van der Waals surface area contributed by atoms with Gasteiger partial charge in [0, 0.05) is 5.69 Å². The maximum Gasteiger partial charge on any atom is 0.573 e. The maximum atomic E-state index is 12.2. The number of furan rings is 1. The molecule has 3 rings (SSSR count). The number of nitrogens with zero attached hydrogens (tertiary/aromatic N) is 2. The van der Waals surface area contributed by atoms with Gasteiger partial charge in [0.25, 0.3) is 0 Å². The Morgan fingerprint density at radius 2 is 1.93 bits per heavy atom. The number of hydrogen-bond donors (Lipinski definition) is 2. The first-order chi connectivity index (χ1) is 12.9. The number of nitrogens with two attached hydrogens (primary N) is 1. The van der Waals surface area contributed by atoms with E-state index < -0.39 is 6.36 Å². The van der Waals surface area contributed by atoms with Crippen molar-refractivity contribution in [1.82, 2.24) is 4.90 Å². The zero-order valence-electron chi connectivity index (χ0n) is 14.6. The number of alkyl halides is 3. The van der Waals surface area contributed by atoms with Gasteiger partial charge in [-0.25, -0.2) is 0 Å². The van der Waals surface area contributed by atoms with Crippen LogP contribution in [0.5, 0.6) is 5.75 Å². The molecule has 6 nitrogen and oxygen atoms in total.